The van der Waals surface area contributed by atoms with Crippen LogP contribution in [0.2, 0.25) is 0 Å². The third-order valence-corrected chi connectivity index (χ3v) is 4.88. The maximum absolute atomic E-state index is 10.4. The van der Waals surface area contributed by atoms with Crippen LogP contribution in [0.3, 0.4) is 0 Å². The summed E-state index contributed by atoms with van der Waals surface area (Å²) in [7, 11) is 0. The van der Waals surface area contributed by atoms with E-state index in [9.17, 15) is 5.11 Å². The lowest BCUT2D eigenvalue weighted by Gasteiger charge is -2.06. The molecule has 0 radical (unpaired) electrons. The van der Waals surface area contributed by atoms with Gasteiger partial charge in [0.05, 0.1) is 18.5 Å². The quantitative estimate of drug-likeness (QED) is 0.294. The second-order valence-corrected chi connectivity index (χ2v) is 7.37. The molecule has 2 rings (SSSR count). The van der Waals surface area contributed by atoms with Crippen LogP contribution in [0.1, 0.15) is 82.0 Å². The smallest absolute Gasteiger partial charge is 0.137 e. The lowest BCUT2D eigenvalue weighted by Crippen LogP contribution is -1.97. The van der Waals surface area contributed by atoms with Gasteiger partial charge in [-0.1, -0.05) is 76.6 Å². The first-order valence-corrected chi connectivity index (χ1v) is 10.8. The molecule has 0 aliphatic rings. The van der Waals surface area contributed by atoms with Gasteiger partial charge in [0.15, 0.2) is 0 Å². The van der Waals surface area contributed by atoms with Crippen molar-refractivity contribution < 1.29 is 9.84 Å². The molecule has 0 atom stereocenters. The van der Waals surface area contributed by atoms with E-state index in [1.54, 1.807) is 12.3 Å². The Morgan fingerprint density at radius 3 is 2.25 bits per heavy atom. The van der Waals surface area contributed by atoms with E-state index in [0.717, 1.165) is 36.5 Å². The number of unbranched alkanes of at least 4 members (excludes halogenated alkanes) is 6. The lowest BCUT2D eigenvalue weighted by atomic mass is 10.0. The Bertz CT molecular complexity index is 689. The Hall–Kier alpha value is -2.29. The molecule has 2 aromatic rings. The highest BCUT2D eigenvalue weighted by Crippen LogP contribution is 2.18. The van der Waals surface area contributed by atoms with Gasteiger partial charge in [-0.05, 0) is 37.0 Å². The van der Waals surface area contributed by atoms with Gasteiger partial charge in [-0.25, -0.2) is 0 Å². The van der Waals surface area contributed by atoms with Crippen LogP contribution in [-0.2, 0) is 6.42 Å². The van der Waals surface area contributed by atoms with Crippen LogP contribution in [0, 0.1) is 0 Å². The topological polar surface area (TPSA) is 42.4 Å². The molecule has 28 heavy (non-hydrogen) atoms. The highest BCUT2D eigenvalue weighted by atomic mass is 16.5. The number of aliphatic hydroxyl groups excluding tert-OH is 1. The Kier molecular flexibility index (Phi) is 10.2. The summed E-state index contributed by atoms with van der Waals surface area (Å²) >= 11 is 0. The maximum atomic E-state index is 10.4. The molecule has 0 saturated heterocycles. The van der Waals surface area contributed by atoms with E-state index in [1.807, 2.05) is 24.3 Å². The Morgan fingerprint density at radius 2 is 1.61 bits per heavy atom. The van der Waals surface area contributed by atoms with Crippen LogP contribution in [0.5, 0.6) is 5.75 Å². The second-order valence-electron chi connectivity index (χ2n) is 7.37. The normalized spacial score (nSPS) is 11.6. The molecule has 152 valence electrons. The SMILES string of the molecule is CCCCCCOc1ccc(/C=C(/O)c2ccc(CCCCCC)cc2)nc1. The predicted molar refractivity (Wildman–Crippen MR) is 119 cm³/mol. The first kappa shape index (κ1) is 22.0. The largest absolute Gasteiger partial charge is 0.507 e. The van der Waals surface area contributed by atoms with Gasteiger partial charge in [-0.2, -0.15) is 0 Å². The van der Waals surface area contributed by atoms with Gasteiger partial charge in [-0.15, -0.1) is 0 Å². The van der Waals surface area contributed by atoms with Crippen molar-refractivity contribution in [2.24, 2.45) is 0 Å². The summed E-state index contributed by atoms with van der Waals surface area (Å²) in [5.74, 6) is 1.01. The standard InChI is InChI=1S/C25H35NO2/c1-3-5-7-9-11-21-12-14-22(15-13-21)25(27)19-23-16-17-24(20-26-23)28-18-10-8-6-4-2/h12-17,19-20,27H,3-11,18H2,1-2H3/b25-19+. The Morgan fingerprint density at radius 1 is 0.893 bits per heavy atom. The van der Waals surface area contributed by atoms with Gasteiger partial charge in [0.1, 0.15) is 11.5 Å². The molecule has 1 heterocycles. The van der Waals surface area contributed by atoms with Crippen molar-refractivity contribution in [1.82, 2.24) is 4.98 Å². The van der Waals surface area contributed by atoms with E-state index in [1.165, 1.54) is 50.5 Å². The van der Waals surface area contributed by atoms with Gasteiger partial charge in [0, 0.05) is 11.6 Å². The first-order valence-electron chi connectivity index (χ1n) is 10.8. The number of pyridine rings is 1. The van der Waals surface area contributed by atoms with Gasteiger partial charge < -0.3 is 9.84 Å². The molecule has 0 unspecified atom stereocenters. The number of aliphatic hydroxyl groups is 1. The minimum Gasteiger partial charge on any atom is -0.507 e. The third kappa shape index (κ3) is 8.16. The summed E-state index contributed by atoms with van der Waals surface area (Å²) in [4.78, 5) is 4.37. The van der Waals surface area contributed by atoms with Crippen LogP contribution < -0.4 is 4.74 Å². The van der Waals surface area contributed by atoms with Crippen LogP contribution >= 0.6 is 0 Å². The third-order valence-electron chi connectivity index (χ3n) is 4.88. The van der Waals surface area contributed by atoms with E-state index in [4.69, 9.17) is 4.74 Å². The van der Waals surface area contributed by atoms with Crippen molar-refractivity contribution in [1.29, 1.82) is 0 Å². The van der Waals surface area contributed by atoms with Crippen molar-refractivity contribution in [2.75, 3.05) is 6.61 Å². The fourth-order valence-corrected chi connectivity index (χ4v) is 3.10. The van der Waals surface area contributed by atoms with E-state index in [0.29, 0.717) is 0 Å². The molecule has 3 nitrogen and oxygen atoms in total. The van der Waals surface area contributed by atoms with Crippen molar-refractivity contribution in [3.8, 4) is 5.75 Å². The molecule has 0 bridgehead atoms. The summed E-state index contributed by atoms with van der Waals surface area (Å²) in [6.07, 6.45) is 14.4. The fourth-order valence-electron chi connectivity index (χ4n) is 3.10. The number of rotatable bonds is 13. The number of ether oxygens (including phenoxy) is 1. The molecule has 1 aromatic heterocycles. The van der Waals surface area contributed by atoms with Crippen LogP contribution in [0.4, 0.5) is 0 Å². The molecular formula is C25H35NO2. The van der Waals surface area contributed by atoms with E-state index < -0.39 is 0 Å². The highest BCUT2D eigenvalue weighted by molar-refractivity contribution is 5.75. The number of hydrogen-bond donors (Lipinski definition) is 1. The van der Waals surface area contributed by atoms with Gasteiger partial charge in [-0.3, -0.25) is 4.98 Å². The number of aromatic nitrogens is 1. The summed E-state index contributed by atoms with van der Waals surface area (Å²) in [6.45, 7) is 5.16. The molecule has 0 fully saturated rings. The molecule has 0 saturated carbocycles. The zero-order valence-electron chi connectivity index (χ0n) is 17.5. The summed E-state index contributed by atoms with van der Waals surface area (Å²) in [5, 5.41) is 10.4. The molecule has 1 N–H and O–H groups in total. The fraction of sp³-hybridized carbons (Fsp3) is 0.480. The molecule has 0 spiro atoms. The summed E-state index contributed by atoms with van der Waals surface area (Å²) in [6, 6.07) is 12.0. The van der Waals surface area contributed by atoms with Crippen molar-refractivity contribution in [2.45, 2.75) is 71.6 Å². The number of hydrogen-bond acceptors (Lipinski definition) is 3. The van der Waals surface area contributed by atoms with Crippen molar-refractivity contribution >= 4 is 11.8 Å². The molecule has 0 aliphatic carbocycles. The van der Waals surface area contributed by atoms with Crippen molar-refractivity contribution in [3.63, 3.8) is 0 Å². The van der Waals surface area contributed by atoms with Crippen molar-refractivity contribution in [3.05, 3.63) is 59.4 Å². The highest BCUT2D eigenvalue weighted by Gasteiger charge is 2.02. The zero-order chi connectivity index (χ0) is 20.0. The second kappa shape index (κ2) is 13.0. The van der Waals surface area contributed by atoms with E-state index in [-0.39, 0.29) is 5.76 Å². The molecule has 0 aliphatic heterocycles. The lowest BCUT2D eigenvalue weighted by molar-refractivity contribution is 0.304. The van der Waals surface area contributed by atoms with Gasteiger partial charge in [0.25, 0.3) is 0 Å². The predicted octanol–water partition coefficient (Wildman–Crippen LogP) is 7.22. The average molecular weight is 382 g/mol. The number of nitrogens with zero attached hydrogens (tertiary/aromatic N) is 1. The van der Waals surface area contributed by atoms with E-state index >= 15 is 0 Å². The van der Waals surface area contributed by atoms with Crippen LogP contribution in [0.15, 0.2) is 42.6 Å². The monoisotopic (exact) mass is 381 g/mol. The minimum absolute atomic E-state index is 0.235. The average Bonchev–Trinajstić information content (AvgIpc) is 2.73. The Labute approximate surface area is 170 Å². The van der Waals surface area contributed by atoms with Crippen LogP contribution in [-0.4, -0.2) is 16.7 Å². The summed E-state index contributed by atoms with van der Waals surface area (Å²) < 4.78 is 5.71. The molecular weight excluding hydrogens is 346 g/mol. The zero-order valence-corrected chi connectivity index (χ0v) is 17.5. The van der Waals surface area contributed by atoms with E-state index in [2.05, 4.69) is 31.0 Å². The first-order chi connectivity index (χ1) is 13.7. The minimum atomic E-state index is 0.235. The molecule has 1 aromatic carbocycles. The van der Waals surface area contributed by atoms with Crippen LogP contribution in [0.25, 0.3) is 11.8 Å². The summed E-state index contributed by atoms with van der Waals surface area (Å²) in [5.41, 5.74) is 2.86. The Balaban J connectivity index is 1.84. The molecule has 0 amide bonds. The van der Waals surface area contributed by atoms with Gasteiger partial charge >= 0.3 is 0 Å². The van der Waals surface area contributed by atoms with Gasteiger partial charge in [0.2, 0.25) is 0 Å². The molecule has 3 heteroatoms. The maximum Gasteiger partial charge on any atom is 0.137 e. The number of benzene rings is 1. The number of aryl methyl sites for hydroxylation is 1.